The van der Waals surface area contributed by atoms with E-state index in [1.807, 2.05) is 6.07 Å². The molecule has 1 rings (SSSR count). The lowest BCUT2D eigenvalue weighted by Crippen LogP contribution is -2.43. The lowest BCUT2D eigenvalue weighted by Gasteiger charge is -2.38. The molecule has 1 unspecified atom stereocenters. The summed E-state index contributed by atoms with van der Waals surface area (Å²) in [6.07, 6.45) is 0. The van der Waals surface area contributed by atoms with E-state index in [-0.39, 0.29) is 11.6 Å². The highest BCUT2D eigenvalue weighted by atomic mass is 35.5. The van der Waals surface area contributed by atoms with E-state index in [9.17, 15) is 13.0 Å². The second-order valence-electron chi connectivity index (χ2n) is 7.45. The quantitative estimate of drug-likeness (QED) is 0.574. The lowest BCUT2D eigenvalue weighted by atomic mass is 9.97. The number of benzene rings is 1. The summed E-state index contributed by atoms with van der Waals surface area (Å²) in [7, 11) is -6.20. The van der Waals surface area contributed by atoms with E-state index in [0.29, 0.717) is 5.02 Å². The zero-order chi connectivity index (χ0) is 18.1. The highest BCUT2D eigenvalue weighted by molar-refractivity contribution is 7.86. The maximum Gasteiger partial charge on any atom is 0.268 e. The molecule has 0 saturated heterocycles. The molecule has 4 nitrogen and oxygen atoms in total. The zero-order valence-electron chi connectivity index (χ0n) is 14.6. The summed E-state index contributed by atoms with van der Waals surface area (Å²) in [6.45, 7) is 12.3. The van der Waals surface area contributed by atoms with Crippen LogP contribution in [-0.4, -0.2) is 33.1 Å². The molecule has 0 spiro atoms. The molecule has 0 fully saturated rings. The molecule has 132 valence electrons. The van der Waals surface area contributed by atoms with Crippen LogP contribution in [0.3, 0.4) is 0 Å². The van der Waals surface area contributed by atoms with Crippen molar-refractivity contribution < 1.29 is 17.4 Å². The Hall–Kier alpha value is -0.403. The molecule has 0 aliphatic heterocycles. The van der Waals surface area contributed by atoms with Crippen molar-refractivity contribution in [2.75, 3.05) is 6.61 Å². The fourth-order valence-electron chi connectivity index (χ4n) is 1.96. The summed E-state index contributed by atoms with van der Waals surface area (Å²) in [6, 6.07) is 7.04. The minimum Gasteiger partial charge on any atom is -0.416 e. The van der Waals surface area contributed by atoms with E-state index in [1.165, 1.54) is 6.92 Å². The fraction of sp³-hybridized carbons (Fsp3) is 0.625. The Labute approximate surface area is 146 Å². The van der Waals surface area contributed by atoms with Gasteiger partial charge in [0, 0.05) is 17.5 Å². The van der Waals surface area contributed by atoms with Gasteiger partial charge in [0.05, 0.1) is 5.25 Å². The first kappa shape index (κ1) is 20.6. The third-order valence-corrected chi connectivity index (χ3v) is 10.7. The molecule has 1 aromatic carbocycles. The molecule has 0 amide bonds. The predicted octanol–water partition coefficient (Wildman–Crippen LogP) is 4.72. The summed E-state index contributed by atoms with van der Waals surface area (Å²) >= 11 is 6.03. The maximum atomic E-state index is 11.6. The van der Waals surface area contributed by atoms with Crippen LogP contribution < -0.4 is 0 Å². The molecule has 0 bridgehead atoms. The van der Waals surface area contributed by atoms with Gasteiger partial charge in [-0.2, -0.15) is 8.42 Å². The third-order valence-electron chi connectivity index (χ3n) is 4.74. The van der Waals surface area contributed by atoms with Crippen LogP contribution in [-0.2, 0) is 14.5 Å². The van der Waals surface area contributed by atoms with Crippen LogP contribution in [0.5, 0.6) is 0 Å². The van der Waals surface area contributed by atoms with Crippen molar-refractivity contribution in [1.82, 2.24) is 0 Å². The Morgan fingerprint density at radius 1 is 1.30 bits per heavy atom. The number of rotatable bonds is 6. The van der Waals surface area contributed by atoms with Crippen LogP contribution in [0, 0.1) is 0 Å². The Morgan fingerprint density at radius 3 is 2.30 bits per heavy atom. The SMILES string of the molecule is C[C@H](C(CO[Si](C)(C)C(C)(C)C)c1cccc(Cl)c1)S(=O)(=O)O. The Kier molecular flexibility index (Phi) is 6.49. The van der Waals surface area contributed by atoms with Crippen molar-refractivity contribution >= 4 is 30.0 Å². The molecule has 23 heavy (non-hydrogen) atoms. The van der Waals surface area contributed by atoms with E-state index in [2.05, 4.69) is 33.9 Å². The molecule has 0 heterocycles. The van der Waals surface area contributed by atoms with Crippen LogP contribution in [0.1, 0.15) is 39.2 Å². The smallest absolute Gasteiger partial charge is 0.268 e. The first-order chi connectivity index (χ1) is 10.3. The van der Waals surface area contributed by atoms with E-state index >= 15 is 0 Å². The van der Waals surface area contributed by atoms with Crippen molar-refractivity contribution in [3.63, 3.8) is 0 Å². The van der Waals surface area contributed by atoms with E-state index in [0.717, 1.165) is 5.56 Å². The van der Waals surface area contributed by atoms with Crippen molar-refractivity contribution in [2.45, 2.75) is 57.0 Å². The molecular formula is C16H27ClO4SSi. The third kappa shape index (κ3) is 5.57. The zero-order valence-corrected chi connectivity index (χ0v) is 17.2. The van der Waals surface area contributed by atoms with E-state index in [4.69, 9.17) is 16.0 Å². The van der Waals surface area contributed by atoms with E-state index in [1.54, 1.807) is 18.2 Å². The maximum absolute atomic E-state index is 11.6. The lowest BCUT2D eigenvalue weighted by molar-refractivity contribution is 0.257. The Bertz CT molecular complexity index is 638. The average Bonchev–Trinajstić information content (AvgIpc) is 2.36. The van der Waals surface area contributed by atoms with Gasteiger partial charge in [0.2, 0.25) is 0 Å². The highest BCUT2D eigenvalue weighted by Crippen LogP contribution is 2.38. The second-order valence-corrected chi connectivity index (χ2v) is 14.5. The summed E-state index contributed by atoms with van der Waals surface area (Å²) < 4.78 is 38.9. The first-order valence-electron chi connectivity index (χ1n) is 7.61. The largest absolute Gasteiger partial charge is 0.416 e. The summed E-state index contributed by atoms with van der Waals surface area (Å²) in [5, 5.41) is -0.416. The average molecular weight is 379 g/mol. The van der Waals surface area contributed by atoms with Gasteiger partial charge in [-0.15, -0.1) is 0 Å². The molecule has 0 aromatic heterocycles. The number of halogens is 1. The Balaban J connectivity index is 3.12. The topological polar surface area (TPSA) is 63.6 Å². The number of hydrogen-bond acceptors (Lipinski definition) is 3. The molecule has 1 aromatic rings. The molecule has 0 radical (unpaired) electrons. The highest BCUT2D eigenvalue weighted by Gasteiger charge is 2.39. The monoisotopic (exact) mass is 378 g/mol. The summed E-state index contributed by atoms with van der Waals surface area (Å²) in [5.41, 5.74) is 0.751. The van der Waals surface area contributed by atoms with Gasteiger partial charge in [-0.1, -0.05) is 44.5 Å². The molecule has 1 N–H and O–H groups in total. The van der Waals surface area contributed by atoms with Gasteiger partial charge in [0.25, 0.3) is 10.1 Å². The van der Waals surface area contributed by atoms with Gasteiger partial charge in [-0.05, 0) is 42.8 Å². The minimum atomic E-state index is -4.17. The van der Waals surface area contributed by atoms with Gasteiger partial charge >= 0.3 is 0 Å². The van der Waals surface area contributed by atoms with Crippen molar-refractivity contribution in [3.05, 3.63) is 34.9 Å². The summed E-state index contributed by atoms with van der Waals surface area (Å²) in [4.78, 5) is 0. The van der Waals surface area contributed by atoms with Gasteiger partial charge in [-0.3, -0.25) is 4.55 Å². The molecule has 7 heteroatoms. The van der Waals surface area contributed by atoms with Gasteiger partial charge < -0.3 is 4.43 Å². The normalized spacial score (nSPS) is 16.2. The second kappa shape index (κ2) is 7.23. The standard InChI is InChI=1S/C16H27ClO4SSi/c1-12(22(18,19)20)15(13-8-7-9-14(17)10-13)11-21-23(5,6)16(2,3)4/h7-10,12,15H,11H2,1-6H3,(H,18,19,20)/t12-,15?/m1/s1. The van der Waals surface area contributed by atoms with Crippen molar-refractivity contribution in [1.29, 1.82) is 0 Å². The van der Waals surface area contributed by atoms with Gasteiger partial charge in [-0.25, -0.2) is 0 Å². The molecular weight excluding hydrogens is 352 g/mol. The number of hydrogen-bond donors (Lipinski definition) is 1. The van der Waals surface area contributed by atoms with Crippen molar-refractivity contribution in [2.24, 2.45) is 0 Å². The minimum absolute atomic E-state index is 0.0210. The molecule has 0 aliphatic carbocycles. The van der Waals surface area contributed by atoms with Crippen LogP contribution >= 0.6 is 11.6 Å². The van der Waals surface area contributed by atoms with Crippen LogP contribution in [0.15, 0.2) is 24.3 Å². The first-order valence-corrected chi connectivity index (χ1v) is 12.4. The van der Waals surface area contributed by atoms with E-state index < -0.39 is 29.6 Å². The predicted molar refractivity (Wildman–Crippen MR) is 98.4 cm³/mol. The fourth-order valence-corrected chi connectivity index (χ4v) is 3.84. The van der Waals surface area contributed by atoms with Crippen LogP contribution in [0.25, 0.3) is 0 Å². The Morgan fingerprint density at radius 2 is 1.87 bits per heavy atom. The molecule has 0 saturated carbocycles. The van der Waals surface area contributed by atoms with Crippen molar-refractivity contribution in [3.8, 4) is 0 Å². The van der Waals surface area contributed by atoms with Gasteiger partial charge in [0.1, 0.15) is 0 Å². The summed E-state index contributed by atoms with van der Waals surface area (Å²) in [5.74, 6) is -0.474. The van der Waals surface area contributed by atoms with Gasteiger partial charge in [0.15, 0.2) is 8.32 Å². The van der Waals surface area contributed by atoms with Crippen LogP contribution in [0.4, 0.5) is 0 Å². The van der Waals surface area contributed by atoms with Crippen LogP contribution in [0.2, 0.25) is 23.2 Å². The molecule has 2 atom stereocenters. The molecule has 0 aliphatic rings.